The van der Waals surface area contributed by atoms with Crippen molar-refractivity contribution in [2.24, 2.45) is 10.2 Å². The molecule has 0 aliphatic carbocycles. The summed E-state index contributed by atoms with van der Waals surface area (Å²) in [4.78, 5) is 12.2. The maximum atomic E-state index is 11.0. The van der Waals surface area contributed by atoms with Crippen LogP contribution in [0.4, 0.5) is 0 Å². The van der Waals surface area contributed by atoms with E-state index >= 15 is 0 Å². The minimum Gasteiger partial charge on any atom is -0.283 e. The van der Waals surface area contributed by atoms with Crippen molar-refractivity contribution < 1.29 is 4.79 Å². The lowest BCUT2D eigenvalue weighted by Crippen LogP contribution is -2.28. The molecule has 3 rings (SSSR count). The molecule has 10 heavy (non-hydrogen) atoms. The Bertz CT molecular complexity index is 357. The highest BCUT2D eigenvalue weighted by molar-refractivity contribution is 6.00. The molecule has 2 aliphatic heterocycles. The van der Waals surface area contributed by atoms with Crippen molar-refractivity contribution in [2.45, 2.75) is 5.79 Å². The molecular formula is C3N6O. The fourth-order valence-corrected chi connectivity index (χ4v) is 0.896. The van der Waals surface area contributed by atoms with Crippen LogP contribution in [0.5, 0.6) is 0 Å². The van der Waals surface area contributed by atoms with E-state index in [1.54, 1.807) is 0 Å². The molecule has 48 valence electrons. The third kappa shape index (κ3) is 0.225. The Morgan fingerprint density at radius 1 is 1.40 bits per heavy atom. The Morgan fingerprint density at radius 3 is 2.60 bits per heavy atom. The van der Waals surface area contributed by atoms with Crippen LogP contribution in [0.15, 0.2) is 10.2 Å². The van der Waals surface area contributed by atoms with Gasteiger partial charge in [0, 0.05) is 0 Å². The summed E-state index contributed by atoms with van der Waals surface area (Å²) >= 11 is 0. The monoisotopic (exact) mass is 136 g/mol. The van der Waals surface area contributed by atoms with Crippen molar-refractivity contribution in [2.75, 3.05) is 0 Å². The van der Waals surface area contributed by atoms with Gasteiger partial charge in [0.2, 0.25) is 5.82 Å². The predicted molar refractivity (Wildman–Crippen MR) is 25.0 cm³/mol. The van der Waals surface area contributed by atoms with Crippen LogP contribution in [0.1, 0.15) is 10.6 Å². The standard InChI is InChI=1S/C3N6O/c10-1-2-4-8-9(5-2)3(1)6-7-3. The minimum absolute atomic E-state index is 0.102. The number of aromatic nitrogens is 4. The zero-order valence-corrected chi connectivity index (χ0v) is 4.59. The average Bonchev–Trinajstić information content (AvgIpc) is 2.51. The highest BCUT2D eigenvalue weighted by atomic mass is 16.2. The molecule has 0 saturated carbocycles. The molecule has 0 amide bonds. The van der Waals surface area contributed by atoms with Gasteiger partial charge in [0.15, 0.2) is 0 Å². The van der Waals surface area contributed by atoms with Crippen molar-refractivity contribution in [1.29, 1.82) is 0 Å². The minimum atomic E-state index is -1.10. The van der Waals surface area contributed by atoms with Crippen LogP contribution in [0, 0.1) is 0 Å². The van der Waals surface area contributed by atoms with Crippen molar-refractivity contribution in [3.63, 3.8) is 0 Å². The van der Waals surface area contributed by atoms with Crippen molar-refractivity contribution in [3.05, 3.63) is 5.82 Å². The number of nitrogens with zero attached hydrogens (tertiary/aromatic N) is 6. The van der Waals surface area contributed by atoms with Gasteiger partial charge < -0.3 is 0 Å². The van der Waals surface area contributed by atoms with Crippen LogP contribution in [-0.2, 0) is 5.79 Å². The number of carbonyl (C=O) groups excluding carboxylic acids is 1. The van der Waals surface area contributed by atoms with E-state index in [-0.39, 0.29) is 11.6 Å². The highest BCUT2D eigenvalue weighted by Gasteiger charge is 2.59. The fourth-order valence-electron chi connectivity index (χ4n) is 0.896. The van der Waals surface area contributed by atoms with Crippen LogP contribution >= 0.6 is 0 Å². The Kier molecular flexibility index (Phi) is 0.369. The number of ketones is 1. The molecule has 0 aromatic carbocycles. The molecular weight excluding hydrogens is 136 g/mol. The number of carbonyl (C=O) groups is 1. The first-order valence-corrected chi connectivity index (χ1v) is 2.62. The van der Waals surface area contributed by atoms with Crippen LogP contribution in [0.3, 0.4) is 0 Å². The fraction of sp³-hybridized carbons (Fsp3) is 0.333. The molecule has 0 radical (unpaired) electrons. The van der Waals surface area contributed by atoms with Gasteiger partial charge in [0.25, 0.3) is 5.78 Å². The van der Waals surface area contributed by atoms with E-state index in [4.69, 9.17) is 0 Å². The van der Waals surface area contributed by atoms with Gasteiger partial charge in [-0.25, -0.2) is 0 Å². The molecule has 0 atom stereocenters. The van der Waals surface area contributed by atoms with E-state index in [0.717, 1.165) is 4.80 Å². The summed E-state index contributed by atoms with van der Waals surface area (Å²) < 4.78 is 0. The average molecular weight is 136 g/mol. The molecule has 1 aromatic heterocycles. The first-order chi connectivity index (χ1) is 4.83. The molecule has 3 heterocycles. The van der Waals surface area contributed by atoms with Gasteiger partial charge in [-0.3, -0.25) is 4.79 Å². The van der Waals surface area contributed by atoms with Gasteiger partial charge in [-0.15, -0.1) is 25.2 Å². The Hall–Kier alpha value is -1.66. The summed E-state index contributed by atoms with van der Waals surface area (Å²) in [5.41, 5.74) is 0. The number of fused-ring (bicyclic) bond motifs is 3. The second kappa shape index (κ2) is 0.877. The molecule has 1 spiro atoms. The van der Waals surface area contributed by atoms with Gasteiger partial charge in [-0.05, 0) is 5.21 Å². The highest BCUT2D eigenvalue weighted by Crippen LogP contribution is 2.38. The molecule has 7 nitrogen and oxygen atoms in total. The Balaban J connectivity index is 2.36. The van der Waals surface area contributed by atoms with Crippen molar-refractivity contribution in [1.82, 2.24) is 20.2 Å². The number of hydrogen-bond acceptors (Lipinski definition) is 6. The third-order valence-electron chi connectivity index (χ3n) is 1.49. The normalized spacial score (nSPS) is 22.6. The van der Waals surface area contributed by atoms with Crippen LogP contribution in [-0.4, -0.2) is 26.0 Å². The first-order valence-electron chi connectivity index (χ1n) is 2.62. The summed E-state index contributed by atoms with van der Waals surface area (Å²) in [6, 6.07) is 0. The van der Waals surface area contributed by atoms with E-state index < -0.39 is 5.79 Å². The summed E-state index contributed by atoms with van der Waals surface area (Å²) in [6.45, 7) is 0. The van der Waals surface area contributed by atoms with E-state index in [9.17, 15) is 4.79 Å². The molecule has 0 saturated heterocycles. The zero-order chi connectivity index (χ0) is 6.77. The molecule has 2 bridgehead atoms. The Morgan fingerprint density at radius 2 is 2.20 bits per heavy atom. The zero-order valence-electron chi connectivity index (χ0n) is 4.59. The summed E-state index contributed by atoms with van der Waals surface area (Å²) in [5, 5.41) is 17.7. The SMILES string of the molecule is O=C1c2nnn(n2)C12N=N2. The van der Waals surface area contributed by atoms with Gasteiger partial charge >= 0.3 is 5.79 Å². The summed E-state index contributed by atoms with van der Waals surface area (Å²) in [7, 11) is 0. The van der Waals surface area contributed by atoms with Crippen molar-refractivity contribution >= 4 is 5.78 Å². The summed E-state index contributed by atoms with van der Waals surface area (Å²) in [5.74, 6) is -1.27. The van der Waals surface area contributed by atoms with Gasteiger partial charge in [-0.2, -0.15) is 0 Å². The predicted octanol–water partition coefficient (Wildman–Crippen LogP) is -1.05. The first kappa shape index (κ1) is 4.20. The molecule has 0 unspecified atom stereocenters. The Labute approximate surface area is 53.7 Å². The maximum absolute atomic E-state index is 11.0. The molecule has 0 N–H and O–H groups in total. The number of rotatable bonds is 0. The maximum Gasteiger partial charge on any atom is 0.367 e. The van der Waals surface area contributed by atoms with E-state index in [1.807, 2.05) is 0 Å². The van der Waals surface area contributed by atoms with Gasteiger partial charge in [0.1, 0.15) is 0 Å². The molecule has 7 heteroatoms. The smallest absolute Gasteiger partial charge is 0.283 e. The lowest BCUT2D eigenvalue weighted by molar-refractivity contribution is 0.0880. The molecule has 2 aliphatic rings. The number of tetrazole rings is 1. The van der Waals surface area contributed by atoms with E-state index in [0.29, 0.717) is 0 Å². The molecule has 0 fully saturated rings. The van der Waals surface area contributed by atoms with Crippen LogP contribution in [0.2, 0.25) is 0 Å². The van der Waals surface area contributed by atoms with Gasteiger partial charge in [-0.1, -0.05) is 0 Å². The van der Waals surface area contributed by atoms with Crippen LogP contribution in [0.25, 0.3) is 0 Å². The lowest BCUT2D eigenvalue weighted by Gasteiger charge is -1.97. The largest absolute Gasteiger partial charge is 0.367 e. The molecule has 1 aromatic rings. The van der Waals surface area contributed by atoms with Crippen molar-refractivity contribution in [3.8, 4) is 0 Å². The second-order valence-corrected chi connectivity index (χ2v) is 2.07. The van der Waals surface area contributed by atoms with E-state index in [1.165, 1.54) is 0 Å². The third-order valence-corrected chi connectivity index (χ3v) is 1.49. The summed E-state index contributed by atoms with van der Waals surface area (Å²) in [6.07, 6.45) is 0. The number of hydrogen-bond donors (Lipinski definition) is 0. The second-order valence-electron chi connectivity index (χ2n) is 2.07. The lowest BCUT2D eigenvalue weighted by atomic mass is 10.3. The van der Waals surface area contributed by atoms with Crippen LogP contribution < -0.4 is 0 Å². The quantitative estimate of drug-likeness (QED) is 0.455. The number of Topliss-reactive ketones (excluding diaryl/α,β-unsaturated/α-hetero) is 1. The van der Waals surface area contributed by atoms with E-state index in [2.05, 4.69) is 25.6 Å². The van der Waals surface area contributed by atoms with Gasteiger partial charge in [0.05, 0.1) is 0 Å². The topological polar surface area (TPSA) is 85.4 Å².